The Morgan fingerprint density at radius 1 is 1.00 bits per heavy atom. The number of hydrogen-bond acceptors (Lipinski definition) is 9. The highest BCUT2D eigenvalue weighted by atomic mass is 32.1. The van der Waals surface area contributed by atoms with Crippen molar-refractivity contribution in [3.05, 3.63) is 46.6 Å². The highest BCUT2D eigenvalue weighted by Crippen LogP contribution is 2.31. The Balaban J connectivity index is 1.35. The molecule has 2 fully saturated rings. The van der Waals surface area contributed by atoms with E-state index in [0.29, 0.717) is 0 Å². The van der Waals surface area contributed by atoms with Crippen molar-refractivity contribution in [1.82, 2.24) is 29.8 Å². The third kappa shape index (κ3) is 5.47. The maximum Gasteiger partial charge on any atom is 0.225 e. The van der Waals surface area contributed by atoms with E-state index in [1.807, 2.05) is 31.5 Å². The highest BCUT2D eigenvalue weighted by Gasteiger charge is 2.27. The number of aryl methyl sites for hydroxylation is 2. The number of rotatable bonds is 6. The topological polar surface area (TPSA) is 83.0 Å². The van der Waals surface area contributed by atoms with Crippen molar-refractivity contribution in [2.45, 2.75) is 65.0 Å². The molecular weight excluding hydrogens is 432 g/mol. The monoisotopic (exact) mass is 464 g/mol. The average Bonchev–Trinajstić information content (AvgIpc) is 3.24. The third-order valence-electron chi connectivity index (χ3n) is 6.34. The van der Waals surface area contributed by atoms with Gasteiger partial charge in [0.25, 0.3) is 0 Å². The van der Waals surface area contributed by atoms with Gasteiger partial charge in [-0.2, -0.15) is 0 Å². The lowest BCUT2D eigenvalue weighted by atomic mass is 10.0. The van der Waals surface area contributed by atoms with Gasteiger partial charge in [0.15, 0.2) is 5.13 Å². The molecule has 2 aliphatic rings. The zero-order chi connectivity index (χ0) is 22.6. The van der Waals surface area contributed by atoms with E-state index < -0.39 is 0 Å². The number of aromatic nitrogens is 5. The molecule has 9 heteroatoms. The standard InChI is InChI=1S/C24H32N8S/c1-17-14-21(30-24-26-15-18(2)33-24)29-22(27-17)20-8-4-7-13-32(20)16-19-9-10-25-23(28-19)31-11-5-3-6-12-31/h9-10,14-15,20H,3-8,11-13,16H2,1-2H3,(H,26,27,29,30). The van der Waals surface area contributed by atoms with Crippen LogP contribution in [0.1, 0.15) is 66.7 Å². The smallest absolute Gasteiger partial charge is 0.225 e. The number of likely N-dealkylation sites (tertiary alicyclic amines) is 1. The van der Waals surface area contributed by atoms with Gasteiger partial charge in [0.1, 0.15) is 11.6 Å². The maximum atomic E-state index is 4.92. The number of thiazole rings is 1. The molecule has 0 radical (unpaired) electrons. The molecule has 0 amide bonds. The lowest BCUT2D eigenvalue weighted by Crippen LogP contribution is -2.35. The average molecular weight is 465 g/mol. The number of piperidine rings is 2. The molecule has 2 aliphatic heterocycles. The summed E-state index contributed by atoms with van der Waals surface area (Å²) < 4.78 is 0. The first-order valence-corrected chi connectivity index (χ1v) is 12.8. The Morgan fingerprint density at radius 2 is 1.85 bits per heavy atom. The molecule has 0 aliphatic carbocycles. The van der Waals surface area contributed by atoms with E-state index >= 15 is 0 Å². The fourth-order valence-corrected chi connectivity index (χ4v) is 5.40. The van der Waals surface area contributed by atoms with Crippen molar-refractivity contribution >= 4 is 28.2 Å². The Morgan fingerprint density at radius 3 is 2.67 bits per heavy atom. The summed E-state index contributed by atoms with van der Waals surface area (Å²) in [5, 5.41) is 4.23. The molecule has 3 aromatic heterocycles. The van der Waals surface area contributed by atoms with Crippen LogP contribution in [-0.4, -0.2) is 49.5 Å². The second-order valence-electron chi connectivity index (χ2n) is 9.03. The fraction of sp³-hybridized carbons (Fsp3) is 0.542. The third-order valence-corrected chi connectivity index (χ3v) is 7.17. The molecule has 174 valence electrons. The summed E-state index contributed by atoms with van der Waals surface area (Å²) in [6.07, 6.45) is 11.0. The summed E-state index contributed by atoms with van der Waals surface area (Å²) in [6, 6.07) is 4.22. The first-order valence-electron chi connectivity index (χ1n) is 12.0. The fourth-order valence-electron chi connectivity index (χ4n) is 4.73. The van der Waals surface area contributed by atoms with Crippen LogP contribution in [0.3, 0.4) is 0 Å². The van der Waals surface area contributed by atoms with Crippen LogP contribution in [0.5, 0.6) is 0 Å². The lowest BCUT2D eigenvalue weighted by molar-refractivity contribution is 0.132. The van der Waals surface area contributed by atoms with Gasteiger partial charge >= 0.3 is 0 Å². The van der Waals surface area contributed by atoms with Gasteiger partial charge < -0.3 is 10.2 Å². The van der Waals surface area contributed by atoms with Crippen LogP contribution in [0.4, 0.5) is 16.9 Å². The zero-order valence-electron chi connectivity index (χ0n) is 19.5. The molecule has 1 unspecified atom stereocenters. The van der Waals surface area contributed by atoms with E-state index in [4.69, 9.17) is 15.0 Å². The molecule has 5 heterocycles. The molecular formula is C24H32N8S. The molecule has 2 saturated heterocycles. The summed E-state index contributed by atoms with van der Waals surface area (Å²) in [4.78, 5) is 29.6. The first-order chi connectivity index (χ1) is 16.1. The molecule has 1 atom stereocenters. The van der Waals surface area contributed by atoms with E-state index in [2.05, 4.69) is 32.0 Å². The van der Waals surface area contributed by atoms with E-state index in [1.54, 1.807) is 11.3 Å². The van der Waals surface area contributed by atoms with E-state index in [9.17, 15) is 0 Å². The highest BCUT2D eigenvalue weighted by molar-refractivity contribution is 7.15. The summed E-state index contributed by atoms with van der Waals surface area (Å²) >= 11 is 1.63. The molecule has 0 saturated carbocycles. The van der Waals surface area contributed by atoms with Crippen LogP contribution < -0.4 is 10.2 Å². The first kappa shape index (κ1) is 22.2. The van der Waals surface area contributed by atoms with Crippen LogP contribution in [-0.2, 0) is 6.54 Å². The summed E-state index contributed by atoms with van der Waals surface area (Å²) in [7, 11) is 0. The quantitative estimate of drug-likeness (QED) is 0.557. The second-order valence-corrected chi connectivity index (χ2v) is 10.3. The Hall–Kier alpha value is -2.65. The molecule has 5 rings (SSSR count). The lowest BCUT2D eigenvalue weighted by Gasteiger charge is -2.35. The van der Waals surface area contributed by atoms with Gasteiger partial charge in [-0.15, -0.1) is 11.3 Å². The molecule has 8 nitrogen and oxygen atoms in total. The minimum Gasteiger partial charge on any atom is -0.341 e. The number of anilines is 3. The molecule has 0 spiro atoms. The summed E-state index contributed by atoms with van der Waals surface area (Å²) in [5.41, 5.74) is 2.04. The van der Waals surface area contributed by atoms with Crippen LogP contribution in [0.25, 0.3) is 0 Å². The predicted octanol–water partition coefficient (Wildman–Crippen LogP) is 4.80. The molecule has 33 heavy (non-hydrogen) atoms. The van der Waals surface area contributed by atoms with Crippen molar-refractivity contribution in [3.63, 3.8) is 0 Å². The molecule has 0 aromatic carbocycles. The molecule has 3 aromatic rings. The Labute approximate surface area is 199 Å². The maximum absolute atomic E-state index is 4.92. The molecule has 1 N–H and O–H groups in total. The minimum atomic E-state index is 0.186. The minimum absolute atomic E-state index is 0.186. The van der Waals surface area contributed by atoms with Gasteiger partial charge in [-0.05, 0) is 58.6 Å². The predicted molar refractivity (Wildman–Crippen MR) is 132 cm³/mol. The van der Waals surface area contributed by atoms with Gasteiger partial charge in [-0.3, -0.25) is 4.90 Å². The Kier molecular flexibility index (Phi) is 6.78. The van der Waals surface area contributed by atoms with E-state index in [0.717, 1.165) is 66.7 Å². The normalized spacial score (nSPS) is 19.6. The van der Waals surface area contributed by atoms with Gasteiger partial charge in [0, 0.05) is 48.7 Å². The van der Waals surface area contributed by atoms with Gasteiger partial charge in [0.05, 0.1) is 11.7 Å². The van der Waals surface area contributed by atoms with Crippen molar-refractivity contribution in [3.8, 4) is 0 Å². The largest absolute Gasteiger partial charge is 0.341 e. The number of nitrogens with one attached hydrogen (secondary N) is 1. The van der Waals surface area contributed by atoms with E-state index in [1.165, 1.54) is 37.0 Å². The number of nitrogens with zero attached hydrogens (tertiary/aromatic N) is 7. The van der Waals surface area contributed by atoms with Crippen molar-refractivity contribution in [2.24, 2.45) is 0 Å². The SMILES string of the molecule is Cc1cc(Nc2ncc(C)s2)nc(C2CCCCN2Cc2ccnc(N3CCCCC3)n2)n1. The number of hydrogen-bond donors (Lipinski definition) is 1. The summed E-state index contributed by atoms with van der Waals surface area (Å²) in [6.45, 7) is 8.02. The van der Waals surface area contributed by atoms with Crippen LogP contribution in [0, 0.1) is 13.8 Å². The van der Waals surface area contributed by atoms with Gasteiger partial charge in [-0.25, -0.2) is 24.9 Å². The van der Waals surface area contributed by atoms with Crippen molar-refractivity contribution in [2.75, 3.05) is 29.9 Å². The zero-order valence-corrected chi connectivity index (χ0v) is 20.3. The van der Waals surface area contributed by atoms with Crippen molar-refractivity contribution in [1.29, 1.82) is 0 Å². The van der Waals surface area contributed by atoms with Gasteiger partial charge in [0.2, 0.25) is 5.95 Å². The van der Waals surface area contributed by atoms with E-state index in [-0.39, 0.29) is 6.04 Å². The van der Waals surface area contributed by atoms with Crippen molar-refractivity contribution < 1.29 is 0 Å². The molecule has 0 bridgehead atoms. The van der Waals surface area contributed by atoms with Crippen LogP contribution >= 0.6 is 11.3 Å². The second kappa shape index (κ2) is 10.1. The van der Waals surface area contributed by atoms with Gasteiger partial charge in [-0.1, -0.05) is 6.42 Å². The summed E-state index contributed by atoms with van der Waals surface area (Å²) in [5.74, 6) is 2.57. The van der Waals surface area contributed by atoms with Crippen LogP contribution in [0.2, 0.25) is 0 Å². The van der Waals surface area contributed by atoms with Crippen LogP contribution in [0.15, 0.2) is 24.5 Å². The Bertz CT molecular complexity index is 1080.